The molecule has 0 spiro atoms. The van der Waals surface area contributed by atoms with Crippen LogP contribution in [0, 0.1) is 40.9 Å². The molecule has 0 aromatic heterocycles. The highest BCUT2D eigenvalue weighted by molar-refractivity contribution is 5.83. The van der Waals surface area contributed by atoms with Crippen LogP contribution in [0.2, 0.25) is 0 Å². The Morgan fingerprint density at radius 1 is 0.909 bits per heavy atom. The molecule has 0 heterocycles. The molecule has 2 nitrogen and oxygen atoms in total. The summed E-state index contributed by atoms with van der Waals surface area (Å²) in [5.74, 6) is 5.73. The maximum atomic E-state index is 13.2. The van der Waals surface area contributed by atoms with Gasteiger partial charge in [0.05, 0.1) is 0 Å². The minimum atomic E-state index is 0.0423. The molecule has 6 bridgehead atoms. The summed E-state index contributed by atoms with van der Waals surface area (Å²) < 4.78 is 0. The van der Waals surface area contributed by atoms with E-state index in [0.717, 1.165) is 35.5 Å². The van der Waals surface area contributed by atoms with Gasteiger partial charge in [0.15, 0.2) is 0 Å². The Hall–Kier alpha value is -0.530. The van der Waals surface area contributed by atoms with Crippen LogP contribution >= 0.6 is 0 Å². The number of carbonyl (C=O) groups is 1. The van der Waals surface area contributed by atoms with E-state index < -0.39 is 0 Å². The van der Waals surface area contributed by atoms with Gasteiger partial charge in [-0.2, -0.15) is 0 Å². The summed E-state index contributed by atoms with van der Waals surface area (Å²) in [5, 5.41) is 3.52. The van der Waals surface area contributed by atoms with Crippen LogP contribution in [-0.4, -0.2) is 11.9 Å². The molecule has 0 aromatic rings. The van der Waals surface area contributed by atoms with Gasteiger partial charge in [0, 0.05) is 11.5 Å². The molecule has 6 aliphatic rings. The predicted molar refractivity (Wildman–Crippen MR) is 87.1 cm³/mol. The Morgan fingerprint density at radius 3 is 2.05 bits per heavy atom. The topological polar surface area (TPSA) is 29.1 Å². The monoisotopic (exact) mass is 301 g/mol. The van der Waals surface area contributed by atoms with E-state index in [9.17, 15) is 4.79 Å². The Labute approximate surface area is 134 Å². The minimum Gasteiger partial charge on any atom is -0.353 e. The molecule has 2 heteroatoms. The second kappa shape index (κ2) is 4.74. The third-order valence-electron chi connectivity index (χ3n) is 8.31. The summed E-state index contributed by atoms with van der Waals surface area (Å²) >= 11 is 0. The molecular weight excluding hydrogens is 270 g/mol. The van der Waals surface area contributed by atoms with E-state index in [1.54, 1.807) is 0 Å². The van der Waals surface area contributed by atoms with Gasteiger partial charge in [0.1, 0.15) is 0 Å². The maximum absolute atomic E-state index is 13.2. The first-order valence-corrected chi connectivity index (χ1v) is 9.92. The quantitative estimate of drug-likeness (QED) is 0.834. The Bertz CT molecular complexity index is 449. The molecule has 0 unspecified atom stereocenters. The molecule has 22 heavy (non-hydrogen) atoms. The number of amides is 1. The first kappa shape index (κ1) is 13.9. The minimum absolute atomic E-state index is 0.0423. The average molecular weight is 301 g/mol. The van der Waals surface area contributed by atoms with Crippen molar-refractivity contribution in [2.24, 2.45) is 40.9 Å². The van der Waals surface area contributed by atoms with Gasteiger partial charge in [-0.25, -0.2) is 0 Å². The fourth-order valence-electron chi connectivity index (χ4n) is 7.76. The van der Waals surface area contributed by atoms with E-state index in [2.05, 4.69) is 12.2 Å². The lowest BCUT2D eigenvalue weighted by atomic mass is 9.49. The number of hydrogen-bond donors (Lipinski definition) is 1. The largest absolute Gasteiger partial charge is 0.353 e. The van der Waals surface area contributed by atoms with Crippen LogP contribution in [0.4, 0.5) is 0 Å². The van der Waals surface area contributed by atoms with E-state index in [0.29, 0.717) is 11.9 Å². The second-order valence-electron chi connectivity index (χ2n) is 9.80. The van der Waals surface area contributed by atoms with Crippen molar-refractivity contribution in [3.63, 3.8) is 0 Å². The molecule has 4 atom stereocenters. The maximum Gasteiger partial charge on any atom is 0.226 e. The van der Waals surface area contributed by atoms with Crippen LogP contribution in [0.25, 0.3) is 0 Å². The van der Waals surface area contributed by atoms with Crippen molar-refractivity contribution in [2.75, 3.05) is 0 Å². The summed E-state index contributed by atoms with van der Waals surface area (Å²) in [5.41, 5.74) is 0.0423. The van der Waals surface area contributed by atoms with Crippen LogP contribution < -0.4 is 5.32 Å². The van der Waals surface area contributed by atoms with Gasteiger partial charge < -0.3 is 5.32 Å². The van der Waals surface area contributed by atoms with Gasteiger partial charge in [-0.15, -0.1) is 0 Å². The predicted octanol–water partition coefficient (Wildman–Crippen LogP) is 4.14. The molecular formula is C20H31NO. The highest BCUT2D eigenvalue weighted by Gasteiger charge is 2.55. The van der Waals surface area contributed by atoms with Gasteiger partial charge in [-0.3, -0.25) is 4.79 Å². The van der Waals surface area contributed by atoms with Crippen LogP contribution in [0.3, 0.4) is 0 Å². The van der Waals surface area contributed by atoms with Crippen LogP contribution in [0.1, 0.15) is 71.1 Å². The molecule has 6 saturated carbocycles. The van der Waals surface area contributed by atoms with Gasteiger partial charge in [0.25, 0.3) is 0 Å². The molecule has 0 aliphatic heterocycles. The third kappa shape index (κ3) is 2.01. The summed E-state index contributed by atoms with van der Waals surface area (Å²) in [4.78, 5) is 13.2. The lowest BCUT2D eigenvalue weighted by Crippen LogP contribution is -2.55. The third-order valence-corrected chi connectivity index (χ3v) is 8.31. The fourth-order valence-corrected chi connectivity index (χ4v) is 7.76. The lowest BCUT2D eigenvalue weighted by Gasteiger charge is -2.56. The molecule has 1 N–H and O–H groups in total. The van der Waals surface area contributed by atoms with Crippen molar-refractivity contribution >= 4 is 5.91 Å². The fraction of sp³-hybridized carbons (Fsp3) is 0.950. The standard InChI is InChI=1S/C20H31NO/c1-12(18-8-13-2-3-17(18)7-13)21-19(22)20-9-14-4-15(10-20)6-16(5-14)11-20/h12-18H,2-11H2,1H3,(H,21,22)/t12-,13+,14?,15?,16?,17+,18+,20?/m1/s1. The van der Waals surface area contributed by atoms with Crippen LogP contribution in [0.5, 0.6) is 0 Å². The zero-order valence-corrected chi connectivity index (χ0v) is 14.0. The number of rotatable bonds is 3. The normalized spacial score (nSPS) is 53.0. The summed E-state index contributed by atoms with van der Waals surface area (Å²) in [6.07, 6.45) is 13.6. The molecule has 0 radical (unpaired) electrons. The highest BCUT2D eigenvalue weighted by Crippen LogP contribution is 2.60. The number of hydrogen-bond acceptors (Lipinski definition) is 1. The molecule has 1 amide bonds. The smallest absolute Gasteiger partial charge is 0.226 e. The Balaban J connectivity index is 1.29. The van der Waals surface area contributed by atoms with Gasteiger partial charge in [-0.05, 0) is 100 Å². The second-order valence-corrected chi connectivity index (χ2v) is 9.80. The molecule has 122 valence electrons. The summed E-state index contributed by atoms with van der Waals surface area (Å²) in [7, 11) is 0. The van der Waals surface area contributed by atoms with Crippen molar-refractivity contribution in [1.82, 2.24) is 5.32 Å². The zero-order chi connectivity index (χ0) is 14.9. The zero-order valence-electron chi connectivity index (χ0n) is 14.0. The summed E-state index contributed by atoms with van der Waals surface area (Å²) in [6, 6.07) is 0.413. The number of fused-ring (bicyclic) bond motifs is 2. The van der Waals surface area contributed by atoms with E-state index in [4.69, 9.17) is 0 Å². The van der Waals surface area contributed by atoms with Crippen LogP contribution in [0.15, 0.2) is 0 Å². The van der Waals surface area contributed by atoms with Crippen molar-refractivity contribution < 1.29 is 4.79 Å². The van der Waals surface area contributed by atoms with E-state index in [1.165, 1.54) is 64.2 Å². The average Bonchev–Trinajstić information content (AvgIpc) is 3.08. The van der Waals surface area contributed by atoms with E-state index in [-0.39, 0.29) is 5.41 Å². The molecule has 6 rings (SSSR count). The van der Waals surface area contributed by atoms with Gasteiger partial charge >= 0.3 is 0 Å². The number of carbonyl (C=O) groups excluding carboxylic acids is 1. The van der Waals surface area contributed by atoms with Gasteiger partial charge in [0.2, 0.25) is 5.91 Å². The Morgan fingerprint density at radius 2 is 1.55 bits per heavy atom. The first-order valence-electron chi connectivity index (χ1n) is 9.92. The van der Waals surface area contributed by atoms with Crippen molar-refractivity contribution in [1.29, 1.82) is 0 Å². The van der Waals surface area contributed by atoms with Crippen molar-refractivity contribution in [3.05, 3.63) is 0 Å². The highest BCUT2D eigenvalue weighted by atomic mass is 16.2. The molecule has 0 saturated heterocycles. The molecule has 6 aliphatic carbocycles. The van der Waals surface area contributed by atoms with Gasteiger partial charge in [-0.1, -0.05) is 6.42 Å². The van der Waals surface area contributed by atoms with Crippen molar-refractivity contribution in [2.45, 2.75) is 77.2 Å². The molecule has 6 fully saturated rings. The van der Waals surface area contributed by atoms with E-state index in [1.807, 2.05) is 0 Å². The van der Waals surface area contributed by atoms with E-state index >= 15 is 0 Å². The molecule has 0 aromatic carbocycles. The first-order chi connectivity index (χ1) is 10.6. The summed E-state index contributed by atoms with van der Waals surface area (Å²) in [6.45, 7) is 2.30. The van der Waals surface area contributed by atoms with Crippen LogP contribution in [-0.2, 0) is 4.79 Å². The Kier molecular flexibility index (Phi) is 2.99. The number of nitrogens with one attached hydrogen (secondary N) is 1. The SMILES string of the molecule is C[C@@H](NC(=O)C12CC3CC(CC(C3)C1)C2)[C@@H]1C[C@H]2CC[C@H]1C2. The lowest BCUT2D eigenvalue weighted by molar-refractivity contribution is -0.147. The van der Waals surface area contributed by atoms with Crippen molar-refractivity contribution in [3.8, 4) is 0 Å².